The molecule has 2 heterocycles. The number of fused-ring (bicyclic) bond motifs is 1. The number of benzene rings is 2. The largest absolute Gasteiger partial charge is 0.489 e. The minimum Gasteiger partial charge on any atom is -0.489 e. The van der Waals surface area contributed by atoms with Crippen LogP contribution in [0.25, 0.3) is 0 Å². The smallest absolute Gasteiger partial charge is 0.127 e. The van der Waals surface area contributed by atoms with Crippen LogP contribution in [0.2, 0.25) is 0 Å². The molecule has 0 radical (unpaired) electrons. The van der Waals surface area contributed by atoms with Gasteiger partial charge in [0.25, 0.3) is 0 Å². The number of nitrogens with one attached hydrogen (secondary N) is 1. The molecule has 0 amide bonds. The lowest BCUT2D eigenvalue weighted by Gasteiger charge is -2.35. The van der Waals surface area contributed by atoms with Crippen LogP contribution in [0.5, 0.6) is 11.5 Å². The van der Waals surface area contributed by atoms with Gasteiger partial charge in [0.05, 0.1) is 0 Å². The van der Waals surface area contributed by atoms with Crippen molar-refractivity contribution in [3.63, 3.8) is 0 Å². The molecular formula is C19H21NO2. The fraction of sp³-hybridized carbons (Fsp3) is 0.368. The van der Waals surface area contributed by atoms with Crippen molar-refractivity contribution in [1.82, 2.24) is 5.32 Å². The molecule has 2 aliphatic rings. The molecule has 3 nitrogen and oxygen atoms in total. The van der Waals surface area contributed by atoms with Crippen molar-refractivity contribution in [1.29, 1.82) is 0 Å². The summed E-state index contributed by atoms with van der Waals surface area (Å²) in [5.41, 5.74) is 2.48. The average Bonchev–Trinajstić information content (AvgIpc) is 3.01. The van der Waals surface area contributed by atoms with Gasteiger partial charge in [0.15, 0.2) is 0 Å². The monoisotopic (exact) mass is 295 g/mol. The molecule has 1 saturated heterocycles. The van der Waals surface area contributed by atoms with E-state index in [0.717, 1.165) is 43.9 Å². The number of hydrogen-bond acceptors (Lipinski definition) is 3. The fourth-order valence-electron chi connectivity index (χ4n) is 3.34. The lowest BCUT2D eigenvalue weighted by molar-refractivity contribution is 0.0660. The van der Waals surface area contributed by atoms with Gasteiger partial charge >= 0.3 is 0 Å². The van der Waals surface area contributed by atoms with Gasteiger partial charge in [-0.25, -0.2) is 0 Å². The summed E-state index contributed by atoms with van der Waals surface area (Å²) in [6.45, 7) is 2.60. The van der Waals surface area contributed by atoms with E-state index in [2.05, 4.69) is 35.6 Å². The highest BCUT2D eigenvalue weighted by Gasteiger charge is 2.39. The summed E-state index contributed by atoms with van der Waals surface area (Å²) >= 11 is 0. The molecule has 1 fully saturated rings. The molecule has 114 valence electrons. The van der Waals surface area contributed by atoms with Crippen LogP contribution in [0, 0.1) is 0 Å². The molecule has 22 heavy (non-hydrogen) atoms. The van der Waals surface area contributed by atoms with Gasteiger partial charge in [-0.2, -0.15) is 0 Å². The van der Waals surface area contributed by atoms with Crippen molar-refractivity contribution in [3.05, 3.63) is 59.7 Å². The average molecular weight is 295 g/mol. The Labute approximate surface area is 131 Å². The summed E-state index contributed by atoms with van der Waals surface area (Å²) < 4.78 is 12.2. The zero-order valence-corrected chi connectivity index (χ0v) is 12.7. The first kappa shape index (κ1) is 13.6. The topological polar surface area (TPSA) is 30.5 Å². The maximum Gasteiger partial charge on any atom is 0.127 e. The molecule has 0 unspecified atom stereocenters. The minimum absolute atomic E-state index is 0.00501. The van der Waals surface area contributed by atoms with Gasteiger partial charge in [-0.3, -0.25) is 0 Å². The maximum atomic E-state index is 6.33. The van der Waals surface area contributed by atoms with Crippen LogP contribution in [-0.4, -0.2) is 18.7 Å². The zero-order chi connectivity index (χ0) is 14.8. The van der Waals surface area contributed by atoms with Crippen molar-refractivity contribution in [2.24, 2.45) is 0 Å². The highest BCUT2D eigenvalue weighted by Crippen LogP contribution is 2.38. The van der Waals surface area contributed by atoms with E-state index in [1.165, 1.54) is 11.1 Å². The molecule has 0 bridgehead atoms. The van der Waals surface area contributed by atoms with Crippen LogP contribution >= 0.6 is 0 Å². The van der Waals surface area contributed by atoms with Crippen LogP contribution in [0.15, 0.2) is 48.5 Å². The van der Waals surface area contributed by atoms with E-state index in [1.807, 2.05) is 18.2 Å². The molecule has 0 aliphatic carbocycles. The molecule has 2 aliphatic heterocycles. The fourth-order valence-corrected chi connectivity index (χ4v) is 3.34. The normalized spacial score (nSPS) is 23.1. The van der Waals surface area contributed by atoms with Gasteiger partial charge in [-0.1, -0.05) is 36.4 Å². The Kier molecular flexibility index (Phi) is 3.51. The number of ether oxygens (including phenoxy) is 2. The van der Waals surface area contributed by atoms with Gasteiger partial charge in [-0.15, -0.1) is 0 Å². The molecule has 2 aromatic carbocycles. The van der Waals surface area contributed by atoms with E-state index < -0.39 is 0 Å². The first-order chi connectivity index (χ1) is 10.8. The Morgan fingerprint density at radius 1 is 1.09 bits per heavy atom. The first-order valence-electron chi connectivity index (χ1n) is 8.02. The van der Waals surface area contributed by atoms with E-state index in [4.69, 9.17) is 9.47 Å². The van der Waals surface area contributed by atoms with Gasteiger partial charge < -0.3 is 14.8 Å². The van der Waals surface area contributed by atoms with Gasteiger partial charge in [-0.05, 0) is 36.6 Å². The lowest BCUT2D eigenvalue weighted by atomic mass is 9.90. The molecule has 1 spiro atoms. The van der Waals surface area contributed by atoms with E-state index in [9.17, 15) is 0 Å². The molecule has 3 heteroatoms. The molecule has 2 aromatic rings. The Morgan fingerprint density at radius 3 is 2.82 bits per heavy atom. The number of hydrogen-bond donors (Lipinski definition) is 1. The Hall–Kier alpha value is -2.00. The SMILES string of the molecule is c1ccc(COc2ccc3c(c2)O[C@@]2(CCNC2)CC3)cc1. The predicted octanol–water partition coefficient (Wildman–Crippen LogP) is 3.32. The molecule has 0 saturated carbocycles. The zero-order valence-electron chi connectivity index (χ0n) is 12.7. The van der Waals surface area contributed by atoms with Crippen molar-refractivity contribution in [3.8, 4) is 11.5 Å². The van der Waals surface area contributed by atoms with E-state index in [1.54, 1.807) is 0 Å². The summed E-state index contributed by atoms with van der Waals surface area (Å²) in [7, 11) is 0. The van der Waals surface area contributed by atoms with Crippen LogP contribution in [-0.2, 0) is 13.0 Å². The molecule has 4 rings (SSSR count). The minimum atomic E-state index is 0.00501. The summed E-state index contributed by atoms with van der Waals surface area (Å²) in [5.74, 6) is 1.88. The van der Waals surface area contributed by atoms with Gasteiger partial charge in [0, 0.05) is 19.0 Å². The maximum absolute atomic E-state index is 6.33. The van der Waals surface area contributed by atoms with Crippen molar-refractivity contribution in [2.75, 3.05) is 13.1 Å². The van der Waals surface area contributed by atoms with Crippen LogP contribution in [0.3, 0.4) is 0 Å². The van der Waals surface area contributed by atoms with Crippen molar-refractivity contribution in [2.45, 2.75) is 31.5 Å². The van der Waals surface area contributed by atoms with Crippen LogP contribution in [0.4, 0.5) is 0 Å². The Bertz CT molecular complexity index is 648. The number of rotatable bonds is 3. The molecular weight excluding hydrogens is 274 g/mol. The first-order valence-corrected chi connectivity index (χ1v) is 8.02. The third-order valence-corrected chi connectivity index (χ3v) is 4.67. The lowest BCUT2D eigenvalue weighted by Crippen LogP contribution is -2.41. The third kappa shape index (κ3) is 2.69. The Morgan fingerprint density at radius 2 is 2.00 bits per heavy atom. The summed E-state index contributed by atoms with van der Waals surface area (Å²) in [5, 5.41) is 3.42. The Balaban J connectivity index is 1.49. The van der Waals surface area contributed by atoms with Crippen molar-refractivity contribution >= 4 is 0 Å². The standard InChI is InChI=1S/C19H21NO2/c1-2-4-15(5-3-1)13-21-17-7-6-16-8-9-19(10-11-20-14-19)22-18(16)12-17/h1-7,12,20H,8-11,13-14H2/t19-/m1/s1. The van der Waals surface area contributed by atoms with E-state index in [-0.39, 0.29) is 5.60 Å². The second kappa shape index (κ2) is 5.65. The molecule has 1 N–H and O–H groups in total. The highest BCUT2D eigenvalue weighted by atomic mass is 16.5. The quantitative estimate of drug-likeness (QED) is 0.942. The third-order valence-electron chi connectivity index (χ3n) is 4.67. The second-order valence-electron chi connectivity index (χ2n) is 6.26. The molecule has 1 atom stereocenters. The summed E-state index contributed by atoms with van der Waals surface area (Å²) in [6.07, 6.45) is 3.30. The second-order valence-corrected chi connectivity index (χ2v) is 6.26. The highest BCUT2D eigenvalue weighted by molar-refractivity contribution is 5.43. The van der Waals surface area contributed by atoms with E-state index >= 15 is 0 Å². The van der Waals surface area contributed by atoms with Crippen molar-refractivity contribution < 1.29 is 9.47 Å². The van der Waals surface area contributed by atoms with Crippen LogP contribution < -0.4 is 14.8 Å². The predicted molar refractivity (Wildman–Crippen MR) is 86.4 cm³/mol. The van der Waals surface area contributed by atoms with E-state index in [0.29, 0.717) is 6.61 Å². The van der Waals surface area contributed by atoms with Gasteiger partial charge in [0.1, 0.15) is 23.7 Å². The van der Waals surface area contributed by atoms with Gasteiger partial charge in [0.2, 0.25) is 0 Å². The molecule has 0 aromatic heterocycles. The number of aryl methyl sites for hydroxylation is 1. The summed E-state index contributed by atoms with van der Waals surface area (Å²) in [6, 6.07) is 16.5. The summed E-state index contributed by atoms with van der Waals surface area (Å²) in [4.78, 5) is 0. The van der Waals surface area contributed by atoms with Crippen LogP contribution in [0.1, 0.15) is 24.0 Å².